The maximum Gasteiger partial charge on any atom is 0.134 e. The van der Waals surface area contributed by atoms with Crippen LogP contribution in [0.5, 0.6) is 0 Å². The van der Waals surface area contributed by atoms with E-state index in [1.807, 2.05) is 32.7 Å². The Balaban J connectivity index is 2.61. The molecule has 0 amide bonds. The second-order valence-corrected chi connectivity index (χ2v) is 4.55. The van der Waals surface area contributed by atoms with Crippen molar-refractivity contribution in [1.29, 1.82) is 0 Å². The molecule has 0 aromatic carbocycles. The largest absolute Gasteiger partial charge is 0.377 e. The molecule has 96 valence electrons. The Morgan fingerprint density at radius 2 is 2.12 bits per heavy atom. The summed E-state index contributed by atoms with van der Waals surface area (Å²) in [6.45, 7) is 7.52. The fourth-order valence-electron chi connectivity index (χ4n) is 1.35. The van der Waals surface area contributed by atoms with Gasteiger partial charge in [0, 0.05) is 26.1 Å². The van der Waals surface area contributed by atoms with Crippen LogP contribution in [0.4, 0.5) is 5.82 Å². The summed E-state index contributed by atoms with van der Waals surface area (Å²) in [4.78, 5) is 10.6. The molecule has 0 spiro atoms. The molecule has 1 aromatic heterocycles. The van der Waals surface area contributed by atoms with E-state index in [-0.39, 0.29) is 6.10 Å². The van der Waals surface area contributed by atoms with Crippen LogP contribution < -0.4 is 4.90 Å². The smallest absolute Gasteiger partial charge is 0.134 e. The maximum absolute atomic E-state index is 5.95. The van der Waals surface area contributed by atoms with E-state index in [0.29, 0.717) is 11.8 Å². The van der Waals surface area contributed by atoms with Gasteiger partial charge >= 0.3 is 0 Å². The average molecular weight is 258 g/mol. The molecule has 0 atom stereocenters. The molecule has 0 saturated carbocycles. The van der Waals surface area contributed by atoms with Crippen molar-refractivity contribution < 1.29 is 4.74 Å². The minimum absolute atomic E-state index is 0.253. The molecule has 4 nitrogen and oxygen atoms in total. The second-order valence-electron chi connectivity index (χ2n) is 4.16. The molecule has 0 bridgehead atoms. The van der Waals surface area contributed by atoms with Gasteiger partial charge in [0.15, 0.2) is 0 Å². The summed E-state index contributed by atoms with van der Waals surface area (Å²) in [6, 6.07) is 1.77. The fraction of sp³-hybridized carbons (Fsp3) is 0.667. The van der Waals surface area contributed by atoms with Gasteiger partial charge in [-0.25, -0.2) is 9.97 Å². The third-order valence-corrected chi connectivity index (χ3v) is 2.51. The van der Waals surface area contributed by atoms with Gasteiger partial charge < -0.3 is 9.64 Å². The number of rotatable bonds is 6. The highest BCUT2D eigenvalue weighted by Gasteiger charge is 2.07. The van der Waals surface area contributed by atoms with Crippen LogP contribution in [0.2, 0.25) is 5.15 Å². The topological polar surface area (TPSA) is 38.2 Å². The zero-order chi connectivity index (χ0) is 12.8. The van der Waals surface area contributed by atoms with Crippen LogP contribution in [0.3, 0.4) is 0 Å². The second kappa shape index (κ2) is 6.77. The van der Waals surface area contributed by atoms with Crippen molar-refractivity contribution >= 4 is 17.4 Å². The third kappa shape index (κ3) is 4.88. The van der Waals surface area contributed by atoms with Gasteiger partial charge in [0.25, 0.3) is 0 Å². The average Bonchev–Trinajstić information content (AvgIpc) is 2.27. The quantitative estimate of drug-likeness (QED) is 0.734. The Labute approximate surface area is 108 Å². The number of aryl methyl sites for hydroxylation is 1. The summed E-state index contributed by atoms with van der Waals surface area (Å²) < 4.78 is 5.50. The maximum atomic E-state index is 5.95. The van der Waals surface area contributed by atoms with Crippen molar-refractivity contribution in [3.63, 3.8) is 0 Å². The minimum atomic E-state index is 0.253. The molecule has 0 N–H and O–H groups in total. The predicted octanol–water partition coefficient (Wildman–Crippen LogP) is 2.55. The zero-order valence-electron chi connectivity index (χ0n) is 10.9. The van der Waals surface area contributed by atoms with Crippen molar-refractivity contribution in [3.8, 4) is 0 Å². The Bertz CT molecular complexity index is 358. The summed E-state index contributed by atoms with van der Waals surface area (Å²) >= 11 is 5.95. The van der Waals surface area contributed by atoms with Crippen LogP contribution in [0.15, 0.2) is 6.07 Å². The highest BCUT2D eigenvalue weighted by Crippen LogP contribution is 2.15. The SMILES string of the molecule is CCc1nc(Cl)cc(N(C)CCOC(C)C)n1. The highest BCUT2D eigenvalue weighted by atomic mass is 35.5. The molecule has 0 unspecified atom stereocenters. The molecule has 0 saturated heterocycles. The van der Waals surface area contributed by atoms with Gasteiger partial charge in [-0.3, -0.25) is 0 Å². The van der Waals surface area contributed by atoms with Gasteiger partial charge in [-0.05, 0) is 13.8 Å². The molecule has 0 aliphatic rings. The molecule has 0 aliphatic heterocycles. The molecule has 0 radical (unpaired) electrons. The summed E-state index contributed by atoms with van der Waals surface area (Å²) in [7, 11) is 1.97. The van der Waals surface area contributed by atoms with Crippen molar-refractivity contribution in [3.05, 3.63) is 17.0 Å². The van der Waals surface area contributed by atoms with E-state index in [0.717, 1.165) is 24.6 Å². The van der Waals surface area contributed by atoms with Crippen LogP contribution in [-0.2, 0) is 11.2 Å². The predicted molar refractivity (Wildman–Crippen MR) is 70.8 cm³/mol. The fourth-order valence-corrected chi connectivity index (χ4v) is 1.54. The number of aromatic nitrogens is 2. The lowest BCUT2D eigenvalue weighted by Crippen LogP contribution is -2.25. The standard InChI is InChI=1S/C12H20ClN3O/c1-5-11-14-10(13)8-12(15-11)16(4)6-7-17-9(2)3/h8-9H,5-7H2,1-4H3. The molecule has 5 heteroatoms. The number of ether oxygens (including phenoxy) is 1. The number of hydrogen-bond acceptors (Lipinski definition) is 4. The monoisotopic (exact) mass is 257 g/mol. The lowest BCUT2D eigenvalue weighted by molar-refractivity contribution is 0.0845. The Morgan fingerprint density at radius 1 is 1.41 bits per heavy atom. The molecule has 17 heavy (non-hydrogen) atoms. The van der Waals surface area contributed by atoms with E-state index in [9.17, 15) is 0 Å². The molecular weight excluding hydrogens is 238 g/mol. The molecule has 1 rings (SSSR count). The lowest BCUT2D eigenvalue weighted by Gasteiger charge is -2.19. The summed E-state index contributed by atoms with van der Waals surface area (Å²) in [5.41, 5.74) is 0. The highest BCUT2D eigenvalue weighted by molar-refractivity contribution is 6.29. The Morgan fingerprint density at radius 3 is 2.71 bits per heavy atom. The van der Waals surface area contributed by atoms with Gasteiger partial charge in [-0.1, -0.05) is 18.5 Å². The summed E-state index contributed by atoms with van der Waals surface area (Å²) in [5, 5.41) is 0.489. The van der Waals surface area contributed by atoms with E-state index in [1.165, 1.54) is 0 Å². The van der Waals surface area contributed by atoms with Crippen molar-refractivity contribution in [1.82, 2.24) is 9.97 Å². The van der Waals surface area contributed by atoms with Gasteiger partial charge in [-0.2, -0.15) is 0 Å². The molecular formula is C12H20ClN3O. The normalized spacial score (nSPS) is 10.9. The van der Waals surface area contributed by atoms with Crippen LogP contribution in [-0.4, -0.2) is 36.3 Å². The third-order valence-electron chi connectivity index (χ3n) is 2.31. The van der Waals surface area contributed by atoms with Gasteiger partial charge in [0.05, 0.1) is 12.7 Å². The first-order valence-electron chi connectivity index (χ1n) is 5.89. The Hall–Kier alpha value is -0.870. The minimum Gasteiger partial charge on any atom is -0.377 e. The summed E-state index contributed by atoms with van der Waals surface area (Å²) in [5.74, 6) is 1.61. The van der Waals surface area contributed by atoms with Crippen LogP contribution in [0.25, 0.3) is 0 Å². The first-order chi connectivity index (χ1) is 8.02. The number of likely N-dealkylation sites (N-methyl/N-ethyl adjacent to an activating group) is 1. The number of anilines is 1. The molecule has 1 heterocycles. The van der Waals surface area contributed by atoms with E-state index in [2.05, 4.69) is 9.97 Å². The van der Waals surface area contributed by atoms with E-state index < -0.39 is 0 Å². The number of nitrogens with zero attached hydrogens (tertiary/aromatic N) is 3. The van der Waals surface area contributed by atoms with Gasteiger partial charge in [0.1, 0.15) is 16.8 Å². The molecule has 0 fully saturated rings. The number of halogens is 1. The van der Waals surface area contributed by atoms with Gasteiger partial charge in [-0.15, -0.1) is 0 Å². The van der Waals surface area contributed by atoms with Gasteiger partial charge in [0.2, 0.25) is 0 Å². The van der Waals surface area contributed by atoms with Crippen molar-refractivity contribution in [2.24, 2.45) is 0 Å². The first-order valence-corrected chi connectivity index (χ1v) is 6.27. The van der Waals surface area contributed by atoms with E-state index >= 15 is 0 Å². The number of hydrogen-bond donors (Lipinski definition) is 0. The van der Waals surface area contributed by atoms with Crippen LogP contribution >= 0.6 is 11.6 Å². The van der Waals surface area contributed by atoms with E-state index in [4.69, 9.17) is 16.3 Å². The Kier molecular flexibility index (Phi) is 5.65. The van der Waals surface area contributed by atoms with Crippen LogP contribution in [0, 0.1) is 0 Å². The van der Waals surface area contributed by atoms with Crippen molar-refractivity contribution in [2.75, 3.05) is 25.1 Å². The molecule has 0 aliphatic carbocycles. The van der Waals surface area contributed by atoms with Crippen LogP contribution in [0.1, 0.15) is 26.6 Å². The first kappa shape index (κ1) is 14.2. The van der Waals surface area contributed by atoms with E-state index in [1.54, 1.807) is 6.07 Å². The lowest BCUT2D eigenvalue weighted by atomic mass is 10.4. The zero-order valence-corrected chi connectivity index (χ0v) is 11.7. The summed E-state index contributed by atoms with van der Waals surface area (Å²) in [6.07, 6.45) is 1.03. The van der Waals surface area contributed by atoms with Crippen molar-refractivity contribution in [2.45, 2.75) is 33.3 Å². The molecule has 1 aromatic rings.